The summed E-state index contributed by atoms with van der Waals surface area (Å²) in [7, 11) is 0. The van der Waals surface area contributed by atoms with E-state index in [9.17, 15) is 19.2 Å². The van der Waals surface area contributed by atoms with Crippen LogP contribution in [0, 0.1) is 21.8 Å². The van der Waals surface area contributed by atoms with Crippen LogP contribution in [0.3, 0.4) is 0 Å². The number of ether oxygens (including phenoxy) is 2. The Morgan fingerprint density at radius 1 is 0.738 bits per heavy atom. The van der Waals surface area contributed by atoms with Gasteiger partial charge < -0.3 is 29.2 Å². The first-order valence-corrected chi connectivity index (χ1v) is 16.7. The van der Waals surface area contributed by atoms with Crippen molar-refractivity contribution < 1.29 is 28.7 Å². The van der Waals surface area contributed by atoms with Gasteiger partial charge in [0.2, 0.25) is 11.8 Å². The SMILES string of the molecule is CC(=O)N[C@H]1CCCCn2c(C)c(sc2=S)CCOC(=O)[C@H](NC(C)=O)CCCCn2c(C)c(sc2=S)CCOC1=O. The molecule has 2 aromatic heterocycles. The number of hydrogen-bond acceptors (Lipinski definition) is 10. The molecule has 2 atom stereocenters. The molecule has 2 amide bonds. The molecule has 0 radical (unpaired) electrons. The largest absolute Gasteiger partial charge is 0.464 e. The van der Waals surface area contributed by atoms with E-state index in [1.54, 1.807) is 0 Å². The van der Waals surface area contributed by atoms with Crippen molar-refractivity contribution in [2.75, 3.05) is 13.2 Å². The molecule has 10 nitrogen and oxygen atoms in total. The van der Waals surface area contributed by atoms with Gasteiger partial charge in [-0.2, -0.15) is 0 Å². The molecule has 0 saturated carbocycles. The van der Waals surface area contributed by atoms with Gasteiger partial charge in [0.1, 0.15) is 12.1 Å². The predicted molar refractivity (Wildman–Crippen MR) is 168 cm³/mol. The lowest BCUT2D eigenvalue weighted by molar-refractivity contribution is -0.148. The number of fused-ring (bicyclic) bond motifs is 4. The van der Waals surface area contributed by atoms with E-state index >= 15 is 0 Å². The second kappa shape index (κ2) is 16.4. The number of carbonyl (C=O) groups is 4. The fourth-order valence-corrected chi connectivity index (χ4v) is 7.99. The average Bonchev–Trinajstić information content (AvgIpc) is 3.34. The Bertz CT molecular complexity index is 1290. The van der Waals surface area contributed by atoms with E-state index in [4.69, 9.17) is 33.9 Å². The van der Waals surface area contributed by atoms with Crippen LogP contribution in [0.2, 0.25) is 0 Å². The summed E-state index contributed by atoms with van der Waals surface area (Å²) in [5.74, 6) is -1.43. The molecule has 2 aromatic rings. The van der Waals surface area contributed by atoms with Crippen LogP contribution in [0.15, 0.2) is 0 Å². The van der Waals surface area contributed by atoms with Crippen LogP contribution in [0.4, 0.5) is 0 Å². The molecular formula is C28H40N4O6S4. The van der Waals surface area contributed by atoms with Gasteiger partial charge in [-0.25, -0.2) is 9.59 Å². The van der Waals surface area contributed by atoms with Gasteiger partial charge in [-0.05, 0) is 76.8 Å². The third-order valence-corrected chi connectivity index (χ3v) is 10.4. The normalized spacial score (nSPS) is 20.1. The van der Waals surface area contributed by atoms with Crippen LogP contribution in [0.1, 0.15) is 73.5 Å². The average molecular weight is 657 g/mol. The molecule has 14 heteroatoms. The highest BCUT2D eigenvalue weighted by Crippen LogP contribution is 2.23. The maximum absolute atomic E-state index is 12.9. The third kappa shape index (κ3) is 9.81. The first kappa shape index (κ1) is 34.1. The van der Waals surface area contributed by atoms with E-state index in [-0.39, 0.29) is 25.0 Å². The Kier molecular flexibility index (Phi) is 13.3. The molecule has 0 spiro atoms. The number of thiazole rings is 2. The molecule has 0 unspecified atom stereocenters. The highest BCUT2D eigenvalue weighted by atomic mass is 32.2. The standard InChI is InChI=1S/C28H40N4O6S4/c1-17-23-11-15-37-25(35)22(30-20(4)34)10-6-8-14-32-18(2)24(42-28(32)40)12-16-38-26(36)21(29-19(3)33)9-5-7-13-31(17)27(39)41-23/h21-22H,5-16H2,1-4H3,(H,29,33)(H,30,34)/t21-,22+. The lowest BCUT2D eigenvalue weighted by atomic mass is 10.1. The van der Waals surface area contributed by atoms with E-state index in [0.29, 0.717) is 51.6 Å². The van der Waals surface area contributed by atoms with E-state index in [1.807, 2.05) is 13.8 Å². The van der Waals surface area contributed by atoms with Crippen molar-refractivity contribution in [3.63, 3.8) is 0 Å². The number of hydrogen-bond donors (Lipinski definition) is 2. The smallest absolute Gasteiger partial charge is 0.328 e. The lowest BCUT2D eigenvalue weighted by Gasteiger charge is -2.17. The molecule has 0 saturated heterocycles. The Labute approximate surface area is 264 Å². The first-order valence-electron chi connectivity index (χ1n) is 14.2. The van der Waals surface area contributed by atoms with Crippen LogP contribution >= 0.6 is 47.1 Å². The molecular weight excluding hydrogens is 617 g/mol. The van der Waals surface area contributed by atoms with E-state index in [1.165, 1.54) is 36.5 Å². The number of esters is 2. The van der Waals surface area contributed by atoms with Crippen molar-refractivity contribution in [2.45, 2.75) is 104 Å². The van der Waals surface area contributed by atoms with Crippen molar-refractivity contribution in [2.24, 2.45) is 0 Å². The van der Waals surface area contributed by atoms with Crippen molar-refractivity contribution in [1.82, 2.24) is 19.8 Å². The molecule has 1 aliphatic rings. The summed E-state index contributed by atoms with van der Waals surface area (Å²) in [5.41, 5.74) is 2.05. The number of nitrogens with zero attached hydrogens (tertiary/aromatic N) is 2. The zero-order valence-electron chi connectivity index (χ0n) is 24.6. The summed E-state index contributed by atoms with van der Waals surface area (Å²) < 4.78 is 16.8. The molecule has 1 aliphatic heterocycles. The van der Waals surface area contributed by atoms with Gasteiger partial charge in [-0.1, -0.05) is 0 Å². The van der Waals surface area contributed by atoms with Gasteiger partial charge >= 0.3 is 11.9 Å². The maximum atomic E-state index is 12.9. The monoisotopic (exact) mass is 656 g/mol. The molecule has 3 heterocycles. The van der Waals surface area contributed by atoms with Crippen LogP contribution in [0.25, 0.3) is 0 Å². The van der Waals surface area contributed by atoms with Gasteiger partial charge in [0.15, 0.2) is 7.91 Å². The predicted octanol–water partition coefficient (Wildman–Crippen LogP) is 4.72. The number of nitrogens with one attached hydrogen (secondary N) is 2. The van der Waals surface area contributed by atoms with E-state index < -0.39 is 24.0 Å². The van der Waals surface area contributed by atoms with E-state index in [2.05, 4.69) is 19.8 Å². The number of cyclic esters (lactones) is 2. The van der Waals surface area contributed by atoms with Gasteiger partial charge in [0, 0.05) is 60.9 Å². The number of amides is 2. The maximum Gasteiger partial charge on any atom is 0.328 e. The molecule has 4 bridgehead atoms. The van der Waals surface area contributed by atoms with Gasteiger partial charge in [0.25, 0.3) is 0 Å². The van der Waals surface area contributed by atoms with Gasteiger partial charge in [-0.3, -0.25) is 9.59 Å². The summed E-state index contributed by atoms with van der Waals surface area (Å²) >= 11 is 14.2. The fraction of sp³-hybridized carbons (Fsp3) is 0.643. The summed E-state index contributed by atoms with van der Waals surface area (Å²) in [6, 6.07) is -1.42. The first-order chi connectivity index (χ1) is 20.0. The number of carbonyl (C=O) groups excluding carboxylic acids is 4. The quantitative estimate of drug-likeness (QED) is 0.352. The van der Waals surface area contributed by atoms with Crippen molar-refractivity contribution in [3.05, 3.63) is 29.1 Å². The molecule has 3 rings (SSSR count). The van der Waals surface area contributed by atoms with Gasteiger partial charge in [-0.15, -0.1) is 22.7 Å². The van der Waals surface area contributed by atoms with Crippen molar-refractivity contribution in [1.29, 1.82) is 0 Å². The topological polar surface area (TPSA) is 121 Å². The third-order valence-electron chi connectivity index (χ3n) is 7.20. The minimum Gasteiger partial charge on any atom is -0.464 e. The van der Waals surface area contributed by atoms with Crippen molar-refractivity contribution in [3.8, 4) is 0 Å². The molecule has 0 aliphatic carbocycles. The number of aromatic nitrogens is 2. The highest BCUT2D eigenvalue weighted by molar-refractivity contribution is 7.73. The Balaban J connectivity index is 1.77. The zero-order valence-corrected chi connectivity index (χ0v) is 27.9. The van der Waals surface area contributed by atoms with Crippen LogP contribution < -0.4 is 10.6 Å². The fourth-order valence-electron chi connectivity index (χ4n) is 4.94. The van der Waals surface area contributed by atoms with Crippen molar-refractivity contribution >= 4 is 70.9 Å². The molecule has 232 valence electrons. The minimum atomic E-state index is -0.708. The summed E-state index contributed by atoms with van der Waals surface area (Å²) in [6.07, 6.45) is 4.88. The molecule has 42 heavy (non-hydrogen) atoms. The van der Waals surface area contributed by atoms with Gasteiger partial charge in [0.05, 0.1) is 13.2 Å². The second-order valence-corrected chi connectivity index (χ2v) is 13.8. The molecule has 2 N–H and O–H groups in total. The van der Waals surface area contributed by atoms with E-state index in [0.717, 1.165) is 41.9 Å². The van der Waals surface area contributed by atoms with Crippen LogP contribution in [-0.4, -0.2) is 58.2 Å². The lowest BCUT2D eigenvalue weighted by Crippen LogP contribution is -2.41. The Morgan fingerprint density at radius 2 is 1.12 bits per heavy atom. The summed E-state index contributed by atoms with van der Waals surface area (Å²) in [4.78, 5) is 51.3. The Morgan fingerprint density at radius 3 is 1.48 bits per heavy atom. The molecule has 0 aromatic carbocycles. The highest BCUT2D eigenvalue weighted by Gasteiger charge is 2.23. The minimum absolute atomic E-state index is 0.192. The van der Waals surface area contributed by atoms with Crippen LogP contribution in [-0.2, 0) is 54.6 Å². The number of rotatable bonds is 2. The second-order valence-electron chi connectivity index (χ2n) is 10.4. The van der Waals surface area contributed by atoms with Crippen LogP contribution in [0.5, 0.6) is 0 Å². The Hall–Kier alpha value is -2.42. The zero-order chi connectivity index (χ0) is 30.8. The molecule has 0 fully saturated rings. The summed E-state index contributed by atoms with van der Waals surface area (Å²) in [6.45, 7) is 8.51. The summed E-state index contributed by atoms with van der Waals surface area (Å²) in [5, 5.41) is 5.46.